The zero-order valence-electron chi connectivity index (χ0n) is 8.77. The largest absolute Gasteiger partial charge is 0.496 e. The molecule has 0 amide bonds. The third kappa shape index (κ3) is 1.88. The average Bonchev–Trinajstić information content (AvgIpc) is 2.30. The van der Waals surface area contributed by atoms with Crippen molar-refractivity contribution >= 4 is 21.6 Å². The van der Waals surface area contributed by atoms with Gasteiger partial charge in [-0.3, -0.25) is 4.98 Å². The number of hydrogen-bond acceptors (Lipinski definition) is 3. The molecule has 2 rings (SSSR count). The fraction of sp³-hybridized carbons (Fsp3) is 0.0833. The molecule has 82 valence electrons. The number of benzene rings is 1. The third-order valence-corrected chi connectivity index (χ3v) is 2.98. The predicted molar refractivity (Wildman–Crippen MR) is 68.3 cm³/mol. The summed E-state index contributed by atoms with van der Waals surface area (Å²) in [6.07, 6.45) is 3.40. The highest BCUT2D eigenvalue weighted by molar-refractivity contribution is 9.10. The molecule has 0 aliphatic rings. The first-order valence-electron chi connectivity index (χ1n) is 4.76. The second-order valence-corrected chi connectivity index (χ2v) is 4.13. The van der Waals surface area contributed by atoms with Crippen molar-refractivity contribution in [1.82, 2.24) is 4.98 Å². The van der Waals surface area contributed by atoms with E-state index >= 15 is 0 Å². The molecule has 0 fully saturated rings. The molecule has 0 unspecified atom stereocenters. The van der Waals surface area contributed by atoms with Crippen LogP contribution in [0.4, 0.5) is 5.69 Å². The molecule has 0 aliphatic carbocycles. The number of aromatic nitrogens is 1. The number of nitrogens with zero attached hydrogens (tertiary/aromatic N) is 1. The fourth-order valence-corrected chi connectivity index (χ4v) is 2.11. The van der Waals surface area contributed by atoms with Gasteiger partial charge in [0.2, 0.25) is 0 Å². The summed E-state index contributed by atoms with van der Waals surface area (Å²) in [6, 6.07) is 7.53. The van der Waals surface area contributed by atoms with Crippen molar-refractivity contribution in [2.45, 2.75) is 0 Å². The zero-order valence-corrected chi connectivity index (χ0v) is 10.4. The Kier molecular flexibility index (Phi) is 3.10. The summed E-state index contributed by atoms with van der Waals surface area (Å²) in [7, 11) is 1.64. The van der Waals surface area contributed by atoms with Crippen LogP contribution in [0.15, 0.2) is 41.1 Å². The average molecular weight is 279 g/mol. The van der Waals surface area contributed by atoms with Crippen LogP contribution < -0.4 is 10.5 Å². The number of hydrogen-bond donors (Lipinski definition) is 1. The van der Waals surface area contributed by atoms with Crippen LogP contribution in [-0.4, -0.2) is 12.1 Å². The number of anilines is 1. The topological polar surface area (TPSA) is 48.1 Å². The fourth-order valence-electron chi connectivity index (χ4n) is 1.55. The summed E-state index contributed by atoms with van der Waals surface area (Å²) < 4.78 is 6.26. The highest BCUT2D eigenvalue weighted by Gasteiger charge is 2.12. The molecule has 0 saturated heterocycles. The van der Waals surface area contributed by atoms with Gasteiger partial charge in [-0.15, -0.1) is 0 Å². The van der Waals surface area contributed by atoms with Gasteiger partial charge < -0.3 is 10.5 Å². The quantitative estimate of drug-likeness (QED) is 0.918. The van der Waals surface area contributed by atoms with Crippen molar-refractivity contribution in [1.29, 1.82) is 0 Å². The Labute approximate surface area is 102 Å². The van der Waals surface area contributed by atoms with Gasteiger partial charge in [0.1, 0.15) is 5.75 Å². The normalized spacial score (nSPS) is 10.1. The van der Waals surface area contributed by atoms with Crippen LogP contribution in [0, 0.1) is 0 Å². The lowest BCUT2D eigenvalue weighted by Crippen LogP contribution is -1.94. The molecule has 2 N–H and O–H groups in total. The summed E-state index contributed by atoms with van der Waals surface area (Å²) in [4.78, 5) is 4.08. The number of nitrogen functional groups attached to an aromatic ring is 1. The minimum absolute atomic E-state index is 0.681. The summed E-state index contributed by atoms with van der Waals surface area (Å²) in [5, 5.41) is 0. The maximum Gasteiger partial charge on any atom is 0.127 e. The van der Waals surface area contributed by atoms with E-state index in [2.05, 4.69) is 20.9 Å². The first kappa shape index (κ1) is 11.0. The lowest BCUT2D eigenvalue weighted by atomic mass is 10.1. The van der Waals surface area contributed by atoms with Gasteiger partial charge in [-0.05, 0) is 18.2 Å². The van der Waals surface area contributed by atoms with E-state index in [1.807, 2.05) is 18.2 Å². The summed E-state index contributed by atoms with van der Waals surface area (Å²) in [5.41, 5.74) is 8.40. The maximum absolute atomic E-state index is 5.93. The molecule has 1 aromatic heterocycles. The first-order chi connectivity index (χ1) is 7.74. The molecule has 0 bridgehead atoms. The maximum atomic E-state index is 5.93. The number of rotatable bonds is 2. The van der Waals surface area contributed by atoms with Gasteiger partial charge in [0.25, 0.3) is 0 Å². The van der Waals surface area contributed by atoms with Gasteiger partial charge in [0, 0.05) is 33.7 Å². The van der Waals surface area contributed by atoms with E-state index in [0.717, 1.165) is 21.3 Å². The van der Waals surface area contributed by atoms with E-state index in [4.69, 9.17) is 10.5 Å². The van der Waals surface area contributed by atoms with Crippen molar-refractivity contribution < 1.29 is 4.74 Å². The van der Waals surface area contributed by atoms with Crippen molar-refractivity contribution in [2.75, 3.05) is 12.8 Å². The van der Waals surface area contributed by atoms with Crippen molar-refractivity contribution in [2.24, 2.45) is 0 Å². The van der Waals surface area contributed by atoms with E-state index in [1.54, 1.807) is 25.6 Å². The lowest BCUT2D eigenvalue weighted by molar-refractivity contribution is 0.416. The van der Waals surface area contributed by atoms with Gasteiger partial charge in [0.15, 0.2) is 0 Å². The number of nitrogens with two attached hydrogens (primary N) is 1. The SMILES string of the molecule is COc1cccc(Br)c1-c1cnccc1N. The van der Waals surface area contributed by atoms with Crippen molar-refractivity contribution in [3.8, 4) is 16.9 Å². The number of pyridine rings is 1. The summed E-state index contributed by atoms with van der Waals surface area (Å²) >= 11 is 3.50. The van der Waals surface area contributed by atoms with Gasteiger partial charge >= 0.3 is 0 Å². The molecule has 1 aromatic carbocycles. The molecule has 0 spiro atoms. The van der Waals surface area contributed by atoms with Crippen LogP contribution in [0.3, 0.4) is 0 Å². The van der Waals surface area contributed by atoms with E-state index in [-0.39, 0.29) is 0 Å². The Morgan fingerprint density at radius 3 is 2.81 bits per heavy atom. The molecule has 4 heteroatoms. The van der Waals surface area contributed by atoms with Crippen LogP contribution >= 0.6 is 15.9 Å². The Balaban J connectivity index is 2.68. The van der Waals surface area contributed by atoms with Gasteiger partial charge in [0.05, 0.1) is 7.11 Å². The highest BCUT2D eigenvalue weighted by atomic mass is 79.9. The zero-order chi connectivity index (χ0) is 11.5. The standard InChI is InChI=1S/C12H11BrN2O/c1-16-11-4-2-3-9(13)12(11)8-7-15-6-5-10(8)14/h2-7H,1H3,(H2,14,15). The second kappa shape index (κ2) is 4.53. The number of ether oxygens (including phenoxy) is 1. The second-order valence-electron chi connectivity index (χ2n) is 3.28. The van der Waals surface area contributed by atoms with E-state index in [9.17, 15) is 0 Å². The summed E-state index contributed by atoms with van der Waals surface area (Å²) in [5.74, 6) is 0.772. The molecule has 0 aliphatic heterocycles. The molecule has 16 heavy (non-hydrogen) atoms. The smallest absolute Gasteiger partial charge is 0.127 e. The van der Waals surface area contributed by atoms with Crippen molar-refractivity contribution in [3.05, 3.63) is 41.1 Å². The Bertz CT molecular complexity index is 514. The van der Waals surface area contributed by atoms with E-state index < -0.39 is 0 Å². The lowest BCUT2D eigenvalue weighted by Gasteiger charge is -2.11. The Morgan fingerprint density at radius 2 is 2.12 bits per heavy atom. The van der Waals surface area contributed by atoms with Gasteiger partial charge in [-0.25, -0.2) is 0 Å². The van der Waals surface area contributed by atoms with E-state index in [0.29, 0.717) is 5.69 Å². The van der Waals surface area contributed by atoms with Crippen LogP contribution in [0.5, 0.6) is 5.75 Å². The molecular weight excluding hydrogens is 268 g/mol. The molecule has 3 nitrogen and oxygen atoms in total. The first-order valence-corrected chi connectivity index (χ1v) is 5.55. The minimum atomic E-state index is 0.681. The Hall–Kier alpha value is -1.55. The van der Waals surface area contributed by atoms with Crippen LogP contribution in [0.25, 0.3) is 11.1 Å². The summed E-state index contributed by atoms with van der Waals surface area (Å²) in [6.45, 7) is 0. The predicted octanol–water partition coefficient (Wildman–Crippen LogP) is 3.10. The monoisotopic (exact) mass is 278 g/mol. The van der Waals surface area contributed by atoms with Crippen molar-refractivity contribution in [3.63, 3.8) is 0 Å². The highest BCUT2D eigenvalue weighted by Crippen LogP contribution is 2.38. The Morgan fingerprint density at radius 1 is 1.31 bits per heavy atom. The molecule has 0 saturated carbocycles. The molecule has 0 radical (unpaired) electrons. The van der Waals surface area contributed by atoms with Crippen LogP contribution in [0.1, 0.15) is 0 Å². The molecule has 0 atom stereocenters. The minimum Gasteiger partial charge on any atom is -0.496 e. The number of methoxy groups -OCH3 is 1. The van der Waals surface area contributed by atoms with Gasteiger partial charge in [-0.2, -0.15) is 0 Å². The van der Waals surface area contributed by atoms with Crippen LogP contribution in [0.2, 0.25) is 0 Å². The molecule has 2 aromatic rings. The third-order valence-electron chi connectivity index (χ3n) is 2.32. The van der Waals surface area contributed by atoms with Crippen LogP contribution in [-0.2, 0) is 0 Å². The number of halogens is 1. The van der Waals surface area contributed by atoms with E-state index in [1.165, 1.54) is 0 Å². The molecule has 1 heterocycles. The van der Waals surface area contributed by atoms with Gasteiger partial charge in [-0.1, -0.05) is 22.0 Å². The molecular formula is C12H11BrN2O.